The maximum atomic E-state index is 12.0. The van der Waals surface area contributed by atoms with Gasteiger partial charge < -0.3 is 5.11 Å². The van der Waals surface area contributed by atoms with Crippen molar-refractivity contribution in [2.24, 2.45) is 11.8 Å². The van der Waals surface area contributed by atoms with Gasteiger partial charge in [-0.15, -0.1) is 0 Å². The van der Waals surface area contributed by atoms with E-state index in [0.29, 0.717) is 5.76 Å². The quantitative estimate of drug-likeness (QED) is 0.485. The van der Waals surface area contributed by atoms with Gasteiger partial charge in [0.1, 0.15) is 0 Å². The van der Waals surface area contributed by atoms with Crippen LogP contribution in [0.4, 0.5) is 0 Å². The summed E-state index contributed by atoms with van der Waals surface area (Å²) in [4.78, 5) is 12.0. The number of aliphatic hydroxyl groups is 1. The summed E-state index contributed by atoms with van der Waals surface area (Å²) in [6.07, 6.45) is 14.2. The molecule has 1 atom stereocenters. The van der Waals surface area contributed by atoms with Gasteiger partial charge in [-0.1, -0.05) is 31.4 Å². The molecular weight excluding hydrogens is 303 g/mol. The zero-order valence-corrected chi connectivity index (χ0v) is 13.4. The largest absolute Gasteiger partial charge is 0.512 e. The fourth-order valence-corrected chi connectivity index (χ4v) is 2.83. The van der Waals surface area contributed by atoms with Crippen LogP contribution in [-0.4, -0.2) is 10.9 Å². The van der Waals surface area contributed by atoms with Crippen LogP contribution in [0.2, 0.25) is 0 Å². The Balaban J connectivity index is 0.00000162. The van der Waals surface area contributed by atoms with Crippen LogP contribution < -0.4 is 0 Å². The molecule has 3 heteroatoms. The third kappa shape index (κ3) is 4.50. The van der Waals surface area contributed by atoms with E-state index in [9.17, 15) is 9.90 Å². The number of allylic oxidation sites excluding steroid dienone is 4. The van der Waals surface area contributed by atoms with Gasteiger partial charge in [-0.2, -0.15) is 0 Å². The van der Waals surface area contributed by atoms with E-state index in [4.69, 9.17) is 0 Å². The SMILES string of the molecule is O=C(/C=C(\O)C1CC=CCC1)C1CCCCC1.[Zr]. The third-order valence-corrected chi connectivity index (χ3v) is 3.99. The number of ketones is 1. The molecule has 0 aromatic heterocycles. The monoisotopic (exact) mass is 324 g/mol. The molecule has 0 aliphatic heterocycles. The Kier molecular flexibility index (Phi) is 7.14. The molecule has 2 aliphatic rings. The number of carbonyl (C=O) groups excluding carboxylic acids is 1. The summed E-state index contributed by atoms with van der Waals surface area (Å²) in [5.74, 6) is 0.805. The minimum Gasteiger partial charge on any atom is -0.512 e. The van der Waals surface area contributed by atoms with E-state index in [1.807, 2.05) is 0 Å². The molecule has 0 radical (unpaired) electrons. The molecule has 0 heterocycles. The molecule has 0 bridgehead atoms. The maximum Gasteiger partial charge on any atom is 0.162 e. The molecule has 1 N–H and O–H groups in total. The Hall–Kier alpha value is -0.167. The van der Waals surface area contributed by atoms with Crippen molar-refractivity contribution < 1.29 is 36.1 Å². The fourth-order valence-electron chi connectivity index (χ4n) is 2.83. The fraction of sp³-hybridized carbons (Fsp3) is 0.667. The minimum absolute atomic E-state index is 0. The Morgan fingerprint density at radius 1 is 1.06 bits per heavy atom. The van der Waals surface area contributed by atoms with Gasteiger partial charge in [0.15, 0.2) is 5.78 Å². The topological polar surface area (TPSA) is 37.3 Å². The Labute approximate surface area is 129 Å². The standard InChI is InChI=1S/C15H22O2.Zr/c16-14(12-7-3-1-4-8-12)11-15(17)13-9-5-2-6-10-13;/h1,3,11-13,16H,2,4-10H2;/b14-11-;. The molecule has 0 amide bonds. The van der Waals surface area contributed by atoms with E-state index in [2.05, 4.69) is 12.2 Å². The van der Waals surface area contributed by atoms with Gasteiger partial charge in [-0.05, 0) is 32.1 Å². The second-order valence-electron chi connectivity index (χ2n) is 5.29. The molecule has 2 aliphatic carbocycles. The van der Waals surface area contributed by atoms with Crippen molar-refractivity contribution in [1.82, 2.24) is 0 Å². The predicted molar refractivity (Wildman–Crippen MR) is 68.8 cm³/mol. The van der Waals surface area contributed by atoms with E-state index in [-0.39, 0.29) is 43.8 Å². The molecule has 0 aromatic rings. The van der Waals surface area contributed by atoms with Crippen LogP contribution in [-0.2, 0) is 31.0 Å². The van der Waals surface area contributed by atoms with Crippen molar-refractivity contribution in [1.29, 1.82) is 0 Å². The van der Waals surface area contributed by atoms with E-state index in [1.165, 1.54) is 12.5 Å². The normalized spacial score (nSPS) is 25.6. The smallest absolute Gasteiger partial charge is 0.162 e. The van der Waals surface area contributed by atoms with Gasteiger partial charge in [-0.25, -0.2) is 0 Å². The molecule has 0 aromatic carbocycles. The molecular formula is C15H22O2Zr. The maximum absolute atomic E-state index is 12.0. The summed E-state index contributed by atoms with van der Waals surface area (Å²) in [5.41, 5.74) is 0. The molecule has 18 heavy (non-hydrogen) atoms. The summed E-state index contributed by atoms with van der Waals surface area (Å²) in [5, 5.41) is 9.98. The molecule has 1 saturated carbocycles. The number of hydrogen-bond acceptors (Lipinski definition) is 2. The van der Waals surface area contributed by atoms with E-state index < -0.39 is 0 Å². The molecule has 0 saturated heterocycles. The van der Waals surface area contributed by atoms with Gasteiger partial charge in [0.2, 0.25) is 0 Å². The van der Waals surface area contributed by atoms with Crippen LogP contribution in [0.3, 0.4) is 0 Å². The van der Waals surface area contributed by atoms with Crippen molar-refractivity contribution in [3.8, 4) is 0 Å². The first-order valence-electron chi connectivity index (χ1n) is 6.87. The first-order chi connectivity index (χ1) is 8.27. The van der Waals surface area contributed by atoms with E-state index in [0.717, 1.165) is 44.9 Å². The summed E-state index contributed by atoms with van der Waals surface area (Å²) in [6.45, 7) is 0. The Bertz CT molecular complexity index is 327. The molecule has 1 unspecified atom stereocenters. The van der Waals surface area contributed by atoms with Crippen molar-refractivity contribution >= 4 is 5.78 Å². The Morgan fingerprint density at radius 3 is 2.39 bits per heavy atom. The number of carbonyl (C=O) groups is 1. The minimum atomic E-state index is 0. The van der Waals surface area contributed by atoms with E-state index in [1.54, 1.807) is 0 Å². The second kappa shape index (κ2) is 8.09. The van der Waals surface area contributed by atoms with Crippen LogP contribution >= 0.6 is 0 Å². The number of hydrogen-bond donors (Lipinski definition) is 1. The molecule has 1 fully saturated rings. The van der Waals surface area contributed by atoms with Crippen molar-refractivity contribution in [2.45, 2.75) is 51.4 Å². The number of aliphatic hydroxyl groups excluding tert-OH is 1. The first kappa shape index (κ1) is 15.9. The summed E-state index contributed by atoms with van der Waals surface area (Å²) < 4.78 is 0. The van der Waals surface area contributed by atoms with Crippen LogP contribution in [0.25, 0.3) is 0 Å². The first-order valence-corrected chi connectivity index (χ1v) is 6.87. The zero-order chi connectivity index (χ0) is 12.1. The van der Waals surface area contributed by atoms with Crippen molar-refractivity contribution in [3.63, 3.8) is 0 Å². The summed E-state index contributed by atoms with van der Waals surface area (Å²) >= 11 is 0. The van der Waals surface area contributed by atoms with E-state index >= 15 is 0 Å². The van der Waals surface area contributed by atoms with Crippen LogP contribution in [0.1, 0.15) is 51.4 Å². The third-order valence-electron chi connectivity index (χ3n) is 3.99. The molecule has 2 rings (SSSR count). The molecule has 98 valence electrons. The van der Waals surface area contributed by atoms with Crippen LogP contribution in [0.5, 0.6) is 0 Å². The zero-order valence-electron chi connectivity index (χ0n) is 10.9. The predicted octanol–water partition coefficient (Wildman–Crippen LogP) is 3.93. The van der Waals surface area contributed by atoms with Gasteiger partial charge in [0.25, 0.3) is 0 Å². The van der Waals surface area contributed by atoms with Crippen LogP contribution in [0.15, 0.2) is 24.0 Å². The molecule has 2 nitrogen and oxygen atoms in total. The Morgan fingerprint density at radius 2 is 1.78 bits per heavy atom. The number of rotatable bonds is 3. The average molecular weight is 326 g/mol. The average Bonchev–Trinajstić information content (AvgIpc) is 2.40. The summed E-state index contributed by atoms with van der Waals surface area (Å²) in [6, 6.07) is 0. The van der Waals surface area contributed by atoms with Crippen molar-refractivity contribution in [3.05, 3.63) is 24.0 Å². The van der Waals surface area contributed by atoms with Crippen LogP contribution in [0, 0.1) is 11.8 Å². The van der Waals surface area contributed by atoms with Crippen molar-refractivity contribution in [2.75, 3.05) is 0 Å². The van der Waals surface area contributed by atoms with Gasteiger partial charge >= 0.3 is 0 Å². The second-order valence-corrected chi connectivity index (χ2v) is 5.29. The van der Waals surface area contributed by atoms with Gasteiger partial charge in [0, 0.05) is 44.1 Å². The summed E-state index contributed by atoms with van der Waals surface area (Å²) in [7, 11) is 0. The van der Waals surface area contributed by atoms with Gasteiger partial charge in [-0.3, -0.25) is 4.79 Å². The van der Waals surface area contributed by atoms with Gasteiger partial charge in [0.05, 0.1) is 5.76 Å². The molecule has 0 spiro atoms.